The minimum absolute atomic E-state index is 0. The Balaban J connectivity index is 0.000000239. The van der Waals surface area contributed by atoms with Crippen molar-refractivity contribution in [2.45, 2.75) is 38.5 Å². The van der Waals surface area contributed by atoms with Crippen LogP contribution in [-0.4, -0.2) is 0 Å². The van der Waals surface area contributed by atoms with Gasteiger partial charge in [0.1, 0.15) is 0 Å². The van der Waals surface area contributed by atoms with Crippen molar-refractivity contribution in [1.82, 2.24) is 0 Å². The molecule has 3 aliphatic rings. The Kier molecular flexibility index (Phi) is 10.2. The molecule has 3 aliphatic carbocycles. The summed E-state index contributed by atoms with van der Waals surface area (Å²) in [6, 6.07) is 12.9. The Morgan fingerprint density at radius 1 is 0.923 bits per heavy atom. The Bertz CT molecular complexity index is 799. The van der Waals surface area contributed by atoms with Crippen LogP contribution in [0.1, 0.15) is 43.2 Å². The fraction of sp³-hybridized carbons (Fsp3) is 0.304. The van der Waals surface area contributed by atoms with Gasteiger partial charge in [0.05, 0.1) is 0 Å². The van der Waals surface area contributed by atoms with Gasteiger partial charge in [-0.1, -0.05) is 48.9 Å². The zero-order valence-corrected chi connectivity index (χ0v) is 18.7. The molecule has 0 radical (unpaired) electrons. The second-order valence-electron chi connectivity index (χ2n) is 6.59. The Labute approximate surface area is 188 Å². The van der Waals surface area contributed by atoms with Gasteiger partial charge in [-0.05, 0) is 18.8 Å². The SMILES string of the molecule is [C-]1=C(C2CCCC2)C=CC1.[C-]1=CCc2ccc3ccccc3c21.[Cl-].[Cl-].[Zr+4]. The maximum Gasteiger partial charge on any atom is 4.00 e. The average Bonchev–Trinajstić information content (AvgIpc) is 3.36. The zero-order chi connectivity index (χ0) is 15.5. The molecule has 5 rings (SSSR count). The summed E-state index contributed by atoms with van der Waals surface area (Å²) in [5.74, 6) is 0.874. The molecule has 2 aromatic carbocycles. The molecule has 132 valence electrons. The maximum absolute atomic E-state index is 3.40. The molecule has 2 aromatic rings. The first-order valence-corrected chi connectivity index (χ1v) is 8.78. The number of allylic oxidation sites excluding steroid dienone is 5. The van der Waals surface area contributed by atoms with Crippen LogP contribution in [0.5, 0.6) is 0 Å². The minimum Gasteiger partial charge on any atom is -1.00 e. The predicted molar refractivity (Wildman–Crippen MR) is 97.0 cm³/mol. The van der Waals surface area contributed by atoms with Crippen LogP contribution in [0.15, 0.2) is 60.2 Å². The van der Waals surface area contributed by atoms with Crippen LogP contribution in [-0.2, 0) is 32.6 Å². The number of benzene rings is 2. The van der Waals surface area contributed by atoms with Crippen molar-refractivity contribution in [1.29, 1.82) is 0 Å². The van der Waals surface area contributed by atoms with E-state index in [4.69, 9.17) is 0 Å². The van der Waals surface area contributed by atoms with Gasteiger partial charge in [0.15, 0.2) is 0 Å². The summed E-state index contributed by atoms with van der Waals surface area (Å²) in [4.78, 5) is 0. The maximum atomic E-state index is 3.40. The van der Waals surface area contributed by atoms with Gasteiger partial charge in [-0.25, -0.2) is 11.6 Å². The van der Waals surface area contributed by atoms with Gasteiger partial charge >= 0.3 is 26.2 Å². The first kappa shape index (κ1) is 23.4. The van der Waals surface area contributed by atoms with Crippen LogP contribution in [0.4, 0.5) is 0 Å². The molecule has 0 bridgehead atoms. The van der Waals surface area contributed by atoms with Gasteiger partial charge in [-0.2, -0.15) is 23.8 Å². The van der Waals surface area contributed by atoms with Gasteiger partial charge in [0.2, 0.25) is 0 Å². The molecule has 0 atom stereocenters. The van der Waals surface area contributed by atoms with Crippen LogP contribution < -0.4 is 24.8 Å². The molecule has 0 aliphatic heterocycles. The molecule has 0 heterocycles. The third-order valence-electron chi connectivity index (χ3n) is 5.10. The fourth-order valence-electron chi connectivity index (χ4n) is 3.86. The van der Waals surface area contributed by atoms with Crippen molar-refractivity contribution < 1.29 is 51.0 Å². The van der Waals surface area contributed by atoms with Crippen LogP contribution in [0, 0.1) is 18.1 Å². The summed E-state index contributed by atoms with van der Waals surface area (Å²) in [5.41, 5.74) is 4.19. The normalized spacial score (nSPS) is 16.7. The standard InChI is InChI=1S/C13H9.C10H13.2ClH.Zr/c1-2-6-12-10(4-1)8-9-11-5-3-7-13(11)12;1-2-6-9(5-1)10-7-3-4-8-10;;;/h1-4,6,8-9H,5H2;1,5,10H,2-4,7-8H2;2*1H;/q2*-1;;;+4/p-2. The third kappa shape index (κ3) is 5.22. The average molecular weight is 461 g/mol. The molecule has 0 nitrogen and oxygen atoms in total. The smallest absolute Gasteiger partial charge is 1.00 e. The van der Waals surface area contributed by atoms with Gasteiger partial charge < -0.3 is 24.8 Å². The molecular weight excluding hydrogens is 438 g/mol. The Hall–Kier alpha value is -0.617. The van der Waals surface area contributed by atoms with Crippen molar-refractivity contribution in [2.75, 3.05) is 0 Å². The monoisotopic (exact) mass is 458 g/mol. The number of hydrogen-bond acceptors (Lipinski definition) is 0. The predicted octanol–water partition coefficient (Wildman–Crippen LogP) is -0.0250. The van der Waals surface area contributed by atoms with Crippen LogP contribution in [0.3, 0.4) is 0 Å². The van der Waals surface area contributed by atoms with E-state index in [1.165, 1.54) is 53.2 Å². The molecule has 0 amide bonds. The van der Waals surface area contributed by atoms with Crippen molar-refractivity contribution in [3.05, 3.63) is 83.5 Å². The molecule has 1 saturated carbocycles. The van der Waals surface area contributed by atoms with Crippen LogP contribution >= 0.6 is 0 Å². The van der Waals surface area contributed by atoms with E-state index in [9.17, 15) is 0 Å². The molecule has 0 saturated heterocycles. The van der Waals surface area contributed by atoms with E-state index in [-0.39, 0.29) is 51.0 Å². The van der Waals surface area contributed by atoms with Gasteiger partial charge in [0.25, 0.3) is 0 Å². The summed E-state index contributed by atoms with van der Waals surface area (Å²) in [5, 5.41) is 2.64. The number of hydrogen-bond donors (Lipinski definition) is 0. The summed E-state index contributed by atoms with van der Waals surface area (Å²) >= 11 is 0. The van der Waals surface area contributed by atoms with E-state index >= 15 is 0 Å². The Morgan fingerprint density at radius 3 is 2.42 bits per heavy atom. The van der Waals surface area contributed by atoms with E-state index in [0.29, 0.717) is 0 Å². The topological polar surface area (TPSA) is 0 Å². The first-order valence-electron chi connectivity index (χ1n) is 8.78. The first-order chi connectivity index (χ1) is 11.4. The summed E-state index contributed by atoms with van der Waals surface area (Å²) in [7, 11) is 0. The van der Waals surface area contributed by atoms with Crippen LogP contribution in [0.25, 0.3) is 10.8 Å². The molecule has 0 spiro atoms. The second kappa shape index (κ2) is 11.3. The van der Waals surface area contributed by atoms with E-state index in [1.54, 1.807) is 0 Å². The number of halogens is 2. The third-order valence-corrected chi connectivity index (χ3v) is 5.10. The van der Waals surface area contributed by atoms with Gasteiger partial charge in [-0.3, -0.25) is 6.08 Å². The molecule has 0 unspecified atom stereocenters. The van der Waals surface area contributed by atoms with Gasteiger partial charge in [-0.15, -0.1) is 29.5 Å². The molecule has 0 N–H and O–H groups in total. The molecular formula is C23H22Cl2Zr. The molecule has 0 aromatic heterocycles. The van der Waals surface area contributed by atoms with Crippen molar-refractivity contribution in [2.24, 2.45) is 5.92 Å². The van der Waals surface area contributed by atoms with Crippen molar-refractivity contribution >= 4 is 10.8 Å². The molecule has 26 heavy (non-hydrogen) atoms. The largest absolute Gasteiger partial charge is 4.00 e. The van der Waals surface area contributed by atoms with E-state index in [1.807, 2.05) is 0 Å². The minimum atomic E-state index is 0. The number of fused-ring (bicyclic) bond motifs is 3. The second-order valence-corrected chi connectivity index (χ2v) is 6.59. The Morgan fingerprint density at radius 2 is 1.69 bits per heavy atom. The summed E-state index contributed by atoms with van der Waals surface area (Å²) < 4.78 is 0. The van der Waals surface area contributed by atoms with E-state index in [2.05, 4.69) is 66.8 Å². The summed E-state index contributed by atoms with van der Waals surface area (Å²) in [6.45, 7) is 0. The van der Waals surface area contributed by atoms with Gasteiger partial charge in [0, 0.05) is 0 Å². The molecule has 3 heteroatoms. The van der Waals surface area contributed by atoms with E-state index < -0.39 is 0 Å². The number of rotatable bonds is 1. The quantitative estimate of drug-likeness (QED) is 0.525. The summed E-state index contributed by atoms with van der Waals surface area (Å²) in [6.07, 6.45) is 21.1. The van der Waals surface area contributed by atoms with Crippen molar-refractivity contribution in [3.63, 3.8) is 0 Å². The van der Waals surface area contributed by atoms with E-state index in [0.717, 1.165) is 18.8 Å². The van der Waals surface area contributed by atoms with Crippen LogP contribution in [0.2, 0.25) is 0 Å². The van der Waals surface area contributed by atoms with Crippen molar-refractivity contribution in [3.8, 4) is 0 Å². The zero-order valence-electron chi connectivity index (χ0n) is 14.8. The molecule has 1 fully saturated rings. The fourth-order valence-corrected chi connectivity index (χ4v) is 3.86.